The van der Waals surface area contributed by atoms with Gasteiger partial charge in [-0.25, -0.2) is 0 Å². The maximum absolute atomic E-state index is 3.63. The predicted octanol–water partition coefficient (Wildman–Crippen LogP) is 3.27. The molecule has 3 heteroatoms. The minimum Gasteiger partial charge on any atom is -0.314 e. The van der Waals surface area contributed by atoms with E-state index in [0.717, 1.165) is 19.0 Å². The van der Waals surface area contributed by atoms with Crippen molar-refractivity contribution in [2.75, 3.05) is 19.6 Å². The molecule has 0 spiro atoms. The zero-order valence-electron chi connectivity index (χ0n) is 11.3. The largest absolute Gasteiger partial charge is 0.314 e. The quantitative estimate of drug-likeness (QED) is 0.898. The molecule has 1 aromatic carbocycles. The lowest BCUT2D eigenvalue weighted by Crippen LogP contribution is -2.30. The Kier molecular flexibility index (Phi) is 5.22. The van der Waals surface area contributed by atoms with Crippen LogP contribution < -0.4 is 5.32 Å². The van der Waals surface area contributed by atoms with Gasteiger partial charge in [-0.2, -0.15) is 0 Å². The molecule has 0 radical (unpaired) electrons. The maximum Gasteiger partial charge on any atom is 0.0245 e. The van der Waals surface area contributed by atoms with Crippen molar-refractivity contribution in [2.24, 2.45) is 5.92 Å². The molecular formula is C15H23BrN2. The molecular weight excluding hydrogens is 288 g/mol. The van der Waals surface area contributed by atoms with E-state index in [1.165, 1.54) is 29.5 Å². The summed E-state index contributed by atoms with van der Waals surface area (Å²) in [6.45, 7) is 9.11. The van der Waals surface area contributed by atoms with Crippen LogP contribution in [-0.2, 0) is 6.54 Å². The molecule has 0 aromatic heterocycles. The van der Waals surface area contributed by atoms with Gasteiger partial charge in [-0.3, -0.25) is 4.90 Å². The van der Waals surface area contributed by atoms with E-state index >= 15 is 0 Å². The van der Waals surface area contributed by atoms with E-state index in [1.807, 2.05) is 0 Å². The van der Waals surface area contributed by atoms with Crippen molar-refractivity contribution in [1.29, 1.82) is 0 Å². The van der Waals surface area contributed by atoms with E-state index in [4.69, 9.17) is 0 Å². The summed E-state index contributed by atoms with van der Waals surface area (Å²) in [4.78, 5) is 2.56. The average Bonchev–Trinajstić information content (AvgIpc) is 2.77. The third-order valence-corrected chi connectivity index (χ3v) is 4.31. The Balaban J connectivity index is 1.81. The van der Waals surface area contributed by atoms with Crippen molar-refractivity contribution in [2.45, 2.75) is 32.9 Å². The Morgan fingerprint density at radius 2 is 2.17 bits per heavy atom. The first-order chi connectivity index (χ1) is 8.65. The Bertz CT molecular complexity index is 379. The summed E-state index contributed by atoms with van der Waals surface area (Å²) in [6.07, 6.45) is 1.32. The number of hydrogen-bond acceptors (Lipinski definition) is 2. The van der Waals surface area contributed by atoms with Gasteiger partial charge in [0.2, 0.25) is 0 Å². The summed E-state index contributed by atoms with van der Waals surface area (Å²) < 4.78 is 1.23. The fraction of sp³-hybridized carbons (Fsp3) is 0.600. The number of nitrogens with one attached hydrogen (secondary N) is 1. The first-order valence-electron chi connectivity index (χ1n) is 6.84. The van der Waals surface area contributed by atoms with Gasteiger partial charge in [0, 0.05) is 23.6 Å². The molecule has 1 unspecified atom stereocenters. The molecule has 1 heterocycles. The molecule has 1 atom stereocenters. The number of hydrogen-bond donors (Lipinski definition) is 1. The highest BCUT2D eigenvalue weighted by atomic mass is 79.9. The molecule has 0 bridgehead atoms. The van der Waals surface area contributed by atoms with Gasteiger partial charge in [0.15, 0.2) is 0 Å². The number of likely N-dealkylation sites (tertiary alicyclic amines) is 1. The zero-order valence-corrected chi connectivity index (χ0v) is 12.9. The molecule has 0 aliphatic carbocycles. The summed E-state index contributed by atoms with van der Waals surface area (Å²) >= 11 is 3.63. The van der Waals surface area contributed by atoms with E-state index in [1.54, 1.807) is 0 Å². The fourth-order valence-electron chi connectivity index (χ4n) is 2.49. The van der Waals surface area contributed by atoms with Crippen molar-refractivity contribution in [3.05, 3.63) is 34.3 Å². The normalized spacial score (nSPS) is 20.8. The van der Waals surface area contributed by atoms with Gasteiger partial charge in [0.25, 0.3) is 0 Å². The van der Waals surface area contributed by atoms with Crippen LogP contribution >= 0.6 is 15.9 Å². The lowest BCUT2D eigenvalue weighted by molar-refractivity contribution is 0.312. The molecule has 1 saturated heterocycles. The Morgan fingerprint density at radius 1 is 1.39 bits per heavy atom. The summed E-state index contributed by atoms with van der Waals surface area (Å²) in [5.41, 5.74) is 1.40. The number of rotatable bonds is 5. The summed E-state index contributed by atoms with van der Waals surface area (Å²) in [5.74, 6) is 0.815. The van der Waals surface area contributed by atoms with E-state index in [0.29, 0.717) is 6.04 Å². The minimum absolute atomic E-state index is 0.599. The Morgan fingerprint density at radius 3 is 2.89 bits per heavy atom. The molecule has 0 amide bonds. The number of halogens is 1. The number of nitrogens with zero attached hydrogens (tertiary/aromatic N) is 1. The van der Waals surface area contributed by atoms with Crippen molar-refractivity contribution < 1.29 is 0 Å². The molecule has 1 aromatic rings. The van der Waals surface area contributed by atoms with Gasteiger partial charge in [-0.05, 0) is 37.1 Å². The average molecular weight is 311 g/mol. The third kappa shape index (κ3) is 4.08. The Hall–Kier alpha value is -0.380. The molecule has 2 rings (SSSR count). The highest BCUT2D eigenvalue weighted by Gasteiger charge is 2.22. The van der Waals surface area contributed by atoms with Crippen LogP contribution in [0.15, 0.2) is 28.7 Å². The first kappa shape index (κ1) is 14.0. The number of benzene rings is 1. The molecule has 1 N–H and O–H groups in total. The molecule has 0 saturated carbocycles. The van der Waals surface area contributed by atoms with Crippen LogP contribution in [0.3, 0.4) is 0 Å². The van der Waals surface area contributed by atoms with Crippen molar-refractivity contribution in [3.8, 4) is 0 Å². The standard InChI is InChI=1S/C15H23BrN2/c1-12(2)17-9-13-7-8-18(10-13)11-14-5-3-4-6-15(14)16/h3-6,12-13,17H,7-11H2,1-2H3. The van der Waals surface area contributed by atoms with E-state index in [2.05, 4.69) is 64.3 Å². The first-order valence-corrected chi connectivity index (χ1v) is 7.63. The van der Waals surface area contributed by atoms with E-state index < -0.39 is 0 Å². The van der Waals surface area contributed by atoms with Crippen LogP contribution in [0.5, 0.6) is 0 Å². The van der Waals surface area contributed by atoms with Crippen molar-refractivity contribution in [3.63, 3.8) is 0 Å². The van der Waals surface area contributed by atoms with Gasteiger partial charge >= 0.3 is 0 Å². The van der Waals surface area contributed by atoms with Crippen molar-refractivity contribution >= 4 is 15.9 Å². The fourth-order valence-corrected chi connectivity index (χ4v) is 2.90. The van der Waals surface area contributed by atoms with Gasteiger partial charge < -0.3 is 5.32 Å². The van der Waals surface area contributed by atoms with Crippen LogP contribution in [0.25, 0.3) is 0 Å². The van der Waals surface area contributed by atoms with Gasteiger partial charge in [0.05, 0.1) is 0 Å². The smallest absolute Gasteiger partial charge is 0.0245 e. The monoisotopic (exact) mass is 310 g/mol. The van der Waals surface area contributed by atoms with E-state index in [-0.39, 0.29) is 0 Å². The van der Waals surface area contributed by atoms with Crippen LogP contribution in [0.4, 0.5) is 0 Å². The molecule has 1 aliphatic heterocycles. The molecule has 1 aliphatic rings. The Labute approximate surface area is 119 Å². The summed E-state index contributed by atoms with van der Waals surface area (Å²) in [7, 11) is 0. The zero-order chi connectivity index (χ0) is 13.0. The second-order valence-corrected chi connectivity index (χ2v) is 6.40. The summed E-state index contributed by atoms with van der Waals surface area (Å²) in [6, 6.07) is 9.13. The minimum atomic E-state index is 0.599. The molecule has 2 nitrogen and oxygen atoms in total. The predicted molar refractivity (Wildman–Crippen MR) is 80.7 cm³/mol. The van der Waals surface area contributed by atoms with Crippen LogP contribution in [0, 0.1) is 5.92 Å². The highest BCUT2D eigenvalue weighted by Crippen LogP contribution is 2.22. The molecule has 18 heavy (non-hydrogen) atoms. The van der Waals surface area contributed by atoms with Crippen LogP contribution in [0.2, 0.25) is 0 Å². The van der Waals surface area contributed by atoms with E-state index in [9.17, 15) is 0 Å². The maximum atomic E-state index is 3.63. The lowest BCUT2D eigenvalue weighted by Gasteiger charge is -2.18. The summed E-state index contributed by atoms with van der Waals surface area (Å²) in [5, 5.41) is 3.55. The van der Waals surface area contributed by atoms with Gasteiger partial charge in [0.1, 0.15) is 0 Å². The molecule has 1 fully saturated rings. The van der Waals surface area contributed by atoms with Gasteiger partial charge in [-0.1, -0.05) is 48.0 Å². The van der Waals surface area contributed by atoms with Gasteiger partial charge in [-0.15, -0.1) is 0 Å². The lowest BCUT2D eigenvalue weighted by atomic mass is 10.1. The highest BCUT2D eigenvalue weighted by molar-refractivity contribution is 9.10. The van der Waals surface area contributed by atoms with Crippen LogP contribution in [-0.4, -0.2) is 30.6 Å². The second kappa shape index (κ2) is 6.69. The van der Waals surface area contributed by atoms with Crippen LogP contribution in [0.1, 0.15) is 25.8 Å². The van der Waals surface area contributed by atoms with Crippen molar-refractivity contribution in [1.82, 2.24) is 10.2 Å². The SMILES string of the molecule is CC(C)NCC1CCN(Cc2ccccc2Br)C1. The molecule has 100 valence electrons. The second-order valence-electron chi connectivity index (χ2n) is 5.54. The topological polar surface area (TPSA) is 15.3 Å². The third-order valence-electron chi connectivity index (χ3n) is 3.54.